The Kier molecular flexibility index (Phi) is 8.26. The number of carbonyl (C=O) groups is 3. The standard InChI is InChI=1S/C30H37N5O3.C7H6O2/c1-20(36)35-17-29(18-35)11-23(12-29)32-27-10-25-26(13-31-27)30(7-8-30)19-34(28(25)38)16-24(37)15-33-9-6-21-4-2-3-5-22(21)14-33;8-7(9)6-4-2-1-3-5-6/h2-5,10,13,23-24,37H,6-9,11-12,14-19H2,1H3,(H,31,32);1-5H,(H,8,9)/t24-;/m0./s1. The average molecular weight is 638 g/mol. The Morgan fingerprint density at radius 3 is 2.36 bits per heavy atom. The highest BCUT2D eigenvalue weighted by atomic mass is 16.4. The Hall–Kier alpha value is -4.28. The number of carboxylic acid groups (broad SMARTS) is 1. The first-order valence-corrected chi connectivity index (χ1v) is 16.7. The van der Waals surface area contributed by atoms with E-state index in [4.69, 9.17) is 10.1 Å². The molecule has 2 amide bonds. The van der Waals surface area contributed by atoms with Crippen LogP contribution in [0.4, 0.5) is 5.82 Å². The zero-order chi connectivity index (χ0) is 32.8. The number of nitrogens with zero attached hydrogens (tertiary/aromatic N) is 4. The van der Waals surface area contributed by atoms with E-state index in [-0.39, 0.29) is 22.6 Å². The molecule has 1 atom stereocenters. The largest absolute Gasteiger partial charge is 0.478 e. The topological polar surface area (TPSA) is 126 Å². The summed E-state index contributed by atoms with van der Waals surface area (Å²) in [5.41, 5.74) is 5.16. The molecule has 246 valence electrons. The molecule has 2 spiro atoms. The normalized spacial score (nSPS) is 21.0. The summed E-state index contributed by atoms with van der Waals surface area (Å²) >= 11 is 0. The Labute approximate surface area is 275 Å². The van der Waals surface area contributed by atoms with Crippen LogP contribution in [0.15, 0.2) is 66.9 Å². The fourth-order valence-electron chi connectivity index (χ4n) is 7.99. The van der Waals surface area contributed by atoms with Gasteiger partial charge in [-0.1, -0.05) is 42.5 Å². The summed E-state index contributed by atoms with van der Waals surface area (Å²) in [7, 11) is 0. The van der Waals surface area contributed by atoms with Crippen molar-refractivity contribution in [3.63, 3.8) is 0 Å². The van der Waals surface area contributed by atoms with Crippen LogP contribution in [0.1, 0.15) is 70.0 Å². The second kappa shape index (κ2) is 12.4. The highest BCUT2D eigenvalue weighted by molar-refractivity contribution is 5.98. The monoisotopic (exact) mass is 637 g/mol. The number of fused-ring (bicyclic) bond motifs is 3. The number of rotatable bonds is 7. The minimum Gasteiger partial charge on any atom is -0.478 e. The first kappa shape index (κ1) is 31.3. The highest BCUT2D eigenvalue weighted by Crippen LogP contribution is 2.53. The van der Waals surface area contributed by atoms with Crippen LogP contribution in [-0.2, 0) is 23.2 Å². The van der Waals surface area contributed by atoms with Crippen molar-refractivity contribution in [1.29, 1.82) is 0 Å². The first-order valence-electron chi connectivity index (χ1n) is 16.7. The minimum absolute atomic E-state index is 0.00116. The Morgan fingerprint density at radius 2 is 1.70 bits per heavy atom. The van der Waals surface area contributed by atoms with Gasteiger partial charge in [0.05, 0.1) is 11.7 Å². The summed E-state index contributed by atoms with van der Waals surface area (Å²) in [5.74, 6) is 0.0412. The highest BCUT2D eigenvalue weighted by Gasteiger charge is 2.54. The number of aliphatic hydroxyl groups is 1. The molecule has 47 heavy (non-hydrogen) atoms. The number of aromatic carboxylic acids is 1. The molecule has 3 aliphatic heterocycles. The summed E-state index contributed by atoms with van der Waals surface area (Å²) in [6.45, 7) is 6.75. The van der Waals surface area contributed by atoms with Crippen molar-refractivity contribution < 1.29 is 24.6 Å². The number of carboxylic acids is 1. The molecular weight excluding hydrogens is 594 g/mol. The van der Waals surface area contributed by atoms with Crippen LogP contribution >= 0.6 is 0 Å². The van der Waals surface area contributed by atoms with Crippen molar-refractivity contribution in [2.45, 2.75) is 63.1 Å². The number of carbonyl (C=O) groups excluding carboxylic acids is 2. The second-order valence-corrected chi connectivity index (χ2v) is 14.3. The molecular formula is C37H43N5O5. The minimum atomic E-state index is -0.879. The Bertz CT molecular complexity index is 1660. The van der Waals surface area contributed by atoms with Crippen LogP contribution < -0.4 is 5.32 Å². The fraction of sp³-hybridized carbons (Fsp3) is 0.459. The molecule has 3 aromatic rings. The molecule has 2 aromatic carbocycles. The molecule has 1 saturated heterocycles. The predicted molar refractivity (Wildman–Crippen MR) is 177 cm³/mol. The van der Waals surface area contributed by atoms with Crippen molar-refractivity contribution in [3.8, 4) is 0 Å². The lowest BCUT2D eigenvalue weighted by Gasteiger charge is -2.59. The van der Waals surface area contributed by atoms with Gasteiger partial charge in [-0.25, -0.2) is 9.78 Å². The van der Waals surface area contributed by atoms with Crippen LogP contribution in [0.5, 0.6) is 0 Å². The van der Waals surface area contributed by atoms with Gasteiger partial charge in [0.2, 0.25) is 5.91 Å². The lowest BCUT2D eigenvalue weighted by molar-refractivity contribution is -0.148. The Morgan fingerprint density at radius 1 is 1.00 bits per heavy atom. The number of β-amino-alcohol motifs (C(OH)–C–C–N with tert-alkyl or cyclic N) is 1. The maximum absolute atomic E-state index is 13.6. The molecule has 8 rings (SSSR count). The van der Waals surface area contributed by atoms with E-state index in [1.807, 2.05) is 22.1 Å². The number of hydrogen-bond acceptors (Lipinski definition) is 7. The van der Waals surface area contributed by atoms with Crippen molar-refractivity contribution in [1.82, 2.24) is 19.7 Å². The summed E-state index contributed by atoms with van der Waals surface area (Å²) < 4.78 is 0. The van der Waals surface area contributed by atoms with Gasteiger partial charge in [-0.2, -0.15) is 0 Å². The lowest BCUT2D eigenvalue weighted by Crippen LogP contribution is -2.65. The molecule has 3 N–H and O–H groups in total. The van der Waals surface area contributed by atoms with Crippen molar-refractivity contribution >= 4 is 23.6 Å². The third-order valence-electron chi connectivity index (χ3n) is 10.7. The average Bonchev–Trinajstić information content (AvgIpc) is 3.80. The number of nitrogens with one attached hydrogen (secondary N) is 1. The summed E-state index contributed by atoms with van der Waals surface area (Å²) in [5, 5.41) is 22.9. The first-order chi connectivity index (χ1) is 22.6. The Balaban J connectivity index is 0.000000340. The number of anilines is 1. The van der Waals surface area contributed by atoms with Crippen LogP contribution in [0, 0.1) is 5.41 Å². The summed E-state index contributed by atoms with van der Waals surface area (Å²) in [6, 6.07) is 19.1. The van der Waals surface area contributed by atoms with Gasteiger partial charge in [-0.15, -0.1) is 0 Å². The smallest absolute Gasteiger partial charge is 0.335 e. The van der Waals surface area contributed by atoms with Crippen molar-refractivity contribution in [2.75, 3.05) is 44.6 Å². The molecule has 0 unspecified atom stereocenters. The molecule has 0 radical (unpaired) electrons. The van der Waals surface area contributed by atoms with E-state index in [1.54, 1.807) is 37.3 Å². The van der Waals surface area contributed by atoms with Gasteiger partial charge >= 0.3 is 5.97 Å². The van der Waals surface area contributed by atoms with Gasteiger partial charge in [-0.3, -0.25) is 14.5 Å². The second-order valence-electron chi connectivity index (χ2n) is 14.3. The molecule has 2 aliphatic carbocycles. The van der Waals surface area contributed by atoms with E-state index >= 15 is 0 Å². The van der Waals surface area contributed by atoms with Gasteiger partial charge in [0.15, 0.2) is 0 Å². The van der Waals surface area contributed by atoms with E-state index in [0.717, 1.165) is 75.2 Å². The van der Waals surface area contributed by atoms with Crippen LogP contribution in [0.25, 0.3) is 0 Å². The molecule has 10 nitrogen and oxygen atoms in total. The molecule has 2 saturated carbocycles. The van der Waals surface area contributed by atoms with Gasteiger partial charge < -0.3 is 25.3 Å². The maximum Gasteiger partial charge on any atom is 0.335 e. The van der Waals surface area contributed by atoms with Gasteiger partial charge in [0.25, 0.3) is 5.91 Å². The summed E-state index contributed by atoms with van der Waals surface area (Å²) in [6.07, 6.45) is 6.53. The van der Waals surface area contributed by atoms with E-state index in [1.165, 1.54) is 11.1 Å². The number of benzene rings is 2. The van der Waals surface area contributed by atoms with Gasteiger partial charge in [0, 0.05) is 81.4 Å². The molecule has 0 bridgehead atoms. The number of amides is 2. The van der Waals surface area contributed by atoms with Crippen LogP contribution in [-0.4, -0.2) is 99.1 Å². The SMILES string of the molecule is CC(=O)N1CC2(CC(Nc3cc4c(cn3)C3(CC3)CN(C[C@@H](O)CN3CCc5ccccc5C3)C4=O)C2)C1.O=C(O)c1ccccc1. The zero-order valence-electron chi connectivity index (χ0n) is 26.9. The van der Waals surface area contributed by atoms with E-state index < -0.39 is 12.1 Å². The summed E-state index contributed by atoms with van der Waals surface area (Å²) in [4.78, 5) is 46.1. The number of aromatic nitrogens is 1. The van der Waals surface area contributed by atoms with E-state index in [2.05, 4.69) is 34.5 Å². The van der Waals surface area contributed by atoms with E-state index in [0.29, 0.717) is 31.2 Å². The third kappa shape index (κ3) is 6.49. The quantitative estimate of drug-likeness (QED) is 0.357. The number of likely N-dealkylation sites (tertiary alicyclic amines) is 1. The van der Waals surface area contributed by atoms with Crippen molar-refractivity contribution in [2.24, 2.45) is 5.41 Å². The molecule has 10 heteroatoms. The van der Waals surface area contributed by atoms with Crippen molar-refractivity contribution in [3.05, 3.63) is 94.7 Å². The van der Waals surface area contributed by atoms with Gasteiger partial charge in [0.1, 0.15) is 5.82 Å². The van der Waals surface area contributed by atoms with Crippen LogP contribution in [0.2, 0.25) is 0 Å². The molecule has 3 fully saturated rings. The third-order valence-corrected chi connectivity index (χ3v) is 10.7. The number of hydrogen-bond donors (Lipinski definition) is 3. The number of pyridine rings is 1. The fourth-order valence-corrected chi connectivity index (χ4v) is 7.99. The maximum atomic E-state index is 13.6. The molecule has 4 heterocycles. The predicted octanol–water partition coefficient (Wildman–Crippen LogP) is 3.80. The lowest BCUT2D eigenvalue weighted by atomic mass is 9.60. The molecule has 1 aromatic heterocycles. The van der Waals surface area contributed by atoms with E-state index in [9.17, 15) is 19.5 Å². The zero-order valence-corrected chi connectivity index (χ0v) is 26.9. The van der Waals surface area contributed by atoms with Gasteiger partial charge in [-0.05, 0) is 67.0 Å². The van der Waals surface area contributed by atoms with Crippen LogP contribution in [0.3, 0.4) is 0 Å². The number of aliphatic hydroxyl groups excluding tert-OH is 1. The molecule has 5 aliphatic rings.